The molecule has 0 aliphatic carbocycles. The lowest BCUT2D eigenvalue weighted by atomic mass is 10.2. The van der Waals surface area contributed by atoms with Crippen molar-refractivity contribution < 1.29 is 0 Å². The van der Waals surface area contributed by atoms with Gasteiger partial charge in [0.05, 0.1) is 0 Å². The monoisotopic (exact) mass is 298 g/mol. The molecule has 0 atom stereocenters. The van der Waals surface area contributed by atoms with Gasteiger partial charge in [0, 0.05) is 30.5 Å². The van der Waals surface area contributed by atoms with E-state index in [2.05, 4.69) is 78.2 Å². The zero-order valence-electron chi connectivity index (χ0n) is 14.1. The molecule has 0 spiro atoms. The van der Waals surface area contributed by atoms with E-state index in [1.54, 1.807) is 0 Å². The highest BCUT2D eigenvalue weighted by molar-refractivity contribution is 5.56. The van der Waals surface area contributed by atoms with Crippen LogP contribution in [0.1, 0.15) is 38.4 Å². The molecular formula is C18H26N4. The van der Waals surface area contributed by atoms with Gasteiger partial charge in [-0.1, -0.05) is 31.0 Å². The zero-order valence-corrected chi connectivity index (χ0v) is 14.1. The van der Waals surface area contributed by atoms with Gasteiger partial charge < -0.3 is 10.2 Å². The SMILES string of the molecule is CCCc1cc(N(CC)CC)nc(Nc2ccc(C)cc2)n1. The third-order valence-electron chi connectivity index (χ3n) is 3.67. The summed E-state index contributed by atoms with van der Waals surface area (Å²) in [4.78, 5) is 11.6. The van der Waals surface area contributed by atoms with Gasteiger partial charge in [0.15, 0.2) is 0 Å². The van der Waals surface area contributed by atoms with E-state index in [1.165, 1.54) is 5.56 Å². The fraction of sp³-hybridized carbons (Fsp3) is 0.444. The summed E-state index contributed by atoms with van der Waals surface area (Å²) in [5.41, 5.74) is 3.36. The smallest absolute Gasteiger partial charge is 0.229 e. The second-order valence-electron chi connectivity index (χ2n) is 5.45. The zero-order chi connectivity index (χ0) is 15.9. The van der Waals surface area contributed by atoms with Crippen molar-refractivity contribution >= 4 is 17.5 Å². The van der Waals surface area contributed by atoms with Crippen molar-refractivity contribution in [3.8, 4) is 0 Å². The Labute approximate surface area is 133 Å². The number of anilines is 3. The van der Waals surface area contributed by atoms with Crippen molar-refractivity contribution in [2.45, 2.75) is 40.5 Å². The minimum absolute atomic E-state index is 0.678. The number of nitrogens with one attached hydrogen (secondary N) is 1. The number of aryl methyl sites for hydroxylation is 2. The molecule has 118 valence electrons. The average Bonchev–Trinajstić information content (AvgIpc) is 2.51. The first-order valence-corrected chi connectivity index (χ1v) is 8.12. The molecule has 0 unspecified atom stereocenters. The Morgan fingerprint density at radius 3 is 2.27 bits per heavy atom. The molecule has 0 amide bonds. The second kappa shape index (κ2) is 7.78. The Balaban J connectivity index is 2.30. The summed E-state index contributed by atoms with van der Waals surface area (Å²) in [5, 5.41) is 3.32. The molecule has 0 fully saturated rings. The maximum Gasteiger partial charge on any atom is 0.229 e. The van der Waals surface area contributed by atoms with Gasteiger partial charge in [0.25, 0.3) is 0 Å². The van der Waals surface area contributed by atoms with Crippen LogP contribution in [0.5, 0.6) is 0 Å². The van der Waals surface area contributed by atoms with E-state index in [0.29, 0.717) is 5.95 Å². The van der Waals surface area contributed by atoms with E-state index in [1.807, 2.05) is 0 Å². The van der Waals surface area contributed by atoms with Crippen LogP contribution in [0.4, 0.5) is 17.5 Å². The molecule has 1 N–H and O–H groups in total. The van der Waals surface area contributed by atoms with Crippen molar-refractivity contribution in [1.82, 2.24) is 9.97 Å². The Morgan fingerprint density at radius 2 is 1.68 bits per heavy atom. The number of hydrogen-bond acceptors (Lipinski definition) is 4. The molecule has 0 bridgehead atoms. The standard InChI is InChI=1S/C18H26N4/c1-5-8-16-13-17(22(6-2)7-3)21-18(20-16)19-15-11-9-14(4)10-12-15/h9-13H,5-8H2,1-4H3,(H,19,20,21). The van der Waals surface area contributed by atoms with Gasteiger partial charge in [-0.3, -0.25) is 0 Å². The predicted octanol–water partition coefficient (Wildman–Crippen LogP) is 4.33. The normalized spacial score (nSPS) is 10.5. The highest BCUT2D eigenvalue weighted by Gasteiger charge is 2.09. The molecule has 1 aromatic carbocycles. The second-order valence-corrected chi connectivity index (χ2v) is 5.45. The molecular weight excluding hydrogens is 272 g/mol. The Morgan fingerprint density at radius 1 is 1.00 bits per heavy atom. The molecule has 0 aliphatic rings. The molecule has 2 rings (SSSR count). The van der Waals surface area contributed by atoms with Gasteiger partial charge in [-0.15, -0.1) is 0 Å². The summed E-state index contributed by atoms with van der Waals surface area (Å²) < 4.78 is 0. The van der Waals surface area contributed by atoms with Gasteiger partial charge in [-0.05, 0) is 39.3 Å². The molecule has 0 saturated heterocycles. The average molecular weight is 298 g/mol. The van der Waals surface area contributed by atoms with Crippen LogP contribution in [-0.4, -0.2) is 23.1 Å². The molecule has 0 radical (unpaired) electrons. The van der Waals surface area contributed by atoms with Gasteiger partial charge >= 0.3 is 0 Å². The summed E-state index contributed by atoms with van der Waals surface area (Å²) in [5.74, 6) is 1.68. The van der Waals surface area contributed by atoms with Crippen LogP contribution in [0, 0.1) is 6.92 Å². The number of benzene rings is 1. The van der Waals surface area contributed by atoms with Crippen molar-refractivity contribution in [3.05, 3.63) is 41.6 Å². The highest BCUT2D eigenvalue weighted by atomic mass is 15.2. The largest absolute Gasteiger partial charge is 0.357 e. The van der Waals surface area contributed by atoms with Gasteiger partial charge in [-0.2, -0.15) is 4.98 Å². The lowest BCUT2D eigenvalue weighted by molar-refractivity contribution is 0.824. The Kier molecular flexibility index (Phi) is 5.75. The molecule has 4 heteroatoms. The number of rotatable bonds is 7. The van der Waals surface area contributed by atoms with Crippen LogP contribution in [0.3, 0.4) is 0 Å². The molecule has 4 nitrogen and oxygen atoms in total. The maximum atomic E-state index is 4.68. The van der Waals surface area contributed by atoms with E-state index in [4.69, 9.17) is 0 Å². The van der Waals surface area contributed by atoms with Gasteiger partial charge in [0.2, 0.25) is 5.95 Å². The third-order valence-corrected chi connectivity index (χ3v) is 3.67. The van der Waals surface area contributed by atoms with Crippen molar-refractivity contribution in [2.24, 2.45) is 0 Å². The van der Waals surface area contributed by atoms with Crippen LogP contribution in [0.15, 0.2) is 30.3 Å². The third kappa shape index (κ3) is 4.20. The Bertz CT molecular complexity index is 589. The van der Waals surface area contributed by atoms with Gasteiger partial charge in [0.1, 0.15) is 5.82 Å². The summed E-state index contributed by atoms with van der Waals surface area (Å²) in [6, 6.07) is 10.4. The molecule has 0 saturated carbocycles. The van der Waals surface area contributed by atoms with E-state index < -0.39 is 0 Å². The molecule has 1 heterocycles. The first-order valence-electron chi connectivity index (χ1n) is 8.12. The number of aromatic nitrogens is 2. The number of hydrogen-bond donors (Lipinski definition) is 1. The number of nitrogens with zero attached hydrogens (tertiary/aromatic N) is 3. The first kappa shape index (κ1) is 16.3. The minimum atomic E-state index is 0.678. The highest BCUT2D eigenvalue weighted by Crippen LogP contribution is 2.19. The van der Waals surface area contributed by atoms with Crippen molar-refractivity contribution in [3.63, 3.8) is 0 Å². The van der Waals surface area contributed by atoms with E-state index in [-0.39, 0.29) is 0 Å². The van der Waals surface area contributed by atoms with Crippen molar-refractivity contribution in [1.29, 1.82) is 0 Å². The lowest BCUT2D eigenvalue weighted by Gasteiger charge is -2.21. The van der Waals surface area contributed by atoms with Gasteiger partial charge in [-0.25, -0.2) is 4.98 Å². The Hall–Kier alpha value is -2.10. The van der Waals surface area contributed by atoms with Crippen LogP contribution in [0.25, 0.3) is 0 Å². The van der Waals surface area contributed by atoms with E-state index in [0.717, 1.165) is 43.1 Å². The maximum absolute atomic E-state index is 4.68. The van der Waals surface area contributed by atoms with Crippen molar-refractivity contribution in [2.75, 3.05) is 23.3 Å². The van der Waals surface area contributed by atoms with Crippen LogP contribution in [-0.2, 0) is 6.42 Å². The fourth-order valence-corrected chi connectivity index (χ4v) is 2.40. The van der Waals surface area contributed by atoms with E-state index in [9.17, 15) is 0 Å². The fourth-order valence-electron chi connectivity index (χ4n) is 2.40. The summed E-state index contributed by atoms with van der Waals surface area (Å²) in [6.07, 6.45) is 2.05. The van der Waals surface area contributed by atoms with Crippen LogP contribution >= 0.6 is 0 Å². The topological polar surface area (TPSA) is 41.1 Å². The van der Waals surface area contributed by atoms with Crippen LogP contribution < -0.4 is 10.2 Å². The summed E-state index contributed by atoms with van der Waals surface area (Å²) in [6.45, 7) is 10.5. The molecule has 22 heavy (non-hydrogen) atoms. The predicted molar refractivity (Wildman–Crippen MR) is 94.0 cm³/mol. The quantitative estimate of drug-likeness (QED) is 0.826. The first-order chi connectivity index (χ1) is 10.7. The molecule has 2 aromatic rings. The molecule has 1 aromatic heterocycles. The lowest BCUT2D eigenvalue weighted by Crippen LogP contribution is -2.23. The minimum Gasteiger partial charge on any atom is -0.357 e. The van der Waals surface area contributed by atoms with E-state index >= 15 is 0 Å². The summed E-state index contributed by atoms with van der Waals surface area (Å²) >= 11 is 0. The van der Waals surface area contributed by atoms with Crippen LogP contribution in [0.2, 0.25) is 0 Å². The molecule has 0 aliphatic heterocycles. The summed E-state index contributed by atoms with van der Waals surface area (Å²) in [7, 11) is 0.